The summed E-state index contributed by atoms with van der Waals surface area (Å²) in [4.78, 5) is 23.3. The van der Waals surface area contributed by atoms with E-state index in [1.807, 2.05) is 6.07 Å². The maximum absolute atomic E-state index is 12.2. The van der Waals surface area contributed by atoms with Crippen LogP contribution in [0, 0.1) is 11.3 Å². The molecule has 128 valence electrons. The zero-order valence-corrected chi connectivity index (χ0v) is 14.0. The van der Waals surface area contributed by atoms with Crippen molar-refractivity contribution in [3.63, 3.8) is 0 Å². The van der Waals surface area contributed by atoms with Gasteiger partial charge in [0.05, 0.1) is 12.6 Å². The van der Waals surface area contributed by atoms with E-state index >= 15 is 0 Å². The lowest BCUT2D eigenvalue weighted by molar-refractivity contribution is -0.121. The number of hydrogen-bond donors (Lipinski definition) is 3. The SMILES string of the molecule is CC(=O)Nc1cccc(NCC(=O)NC2(C#N)CCCCCC2)c1. The Morgan fingerprint density at radius 1 is 1.17 bits per heavy atom. The Morgan fingerprint density at radius 2 is 1.83 bits per heavy atom. The first-order chi connectivity index (χ1) is 11.5. The number of hydrogen-bond acceptors (Lipinski definition) is 4. The smallest absolute Gasteiger partial charge is 0.240 e. The van der Waals surface area contributed by atoms with Crippen molar-refractivity contribution in [1.29, 1.82) is 5.26 Å². The first-order valence-corrected chi connectivity index (χ1v) is 8.37. The molecule has 0 saturated heterocycles. The van der Waals surface area contributed by atoms with Crippen molar-refractivity contribution in [3.05, 3.63) is 24.3 Å². The Labute approximate surface area is 142 Å². The summed E-state index contributed by atoms with van der Waals surface area (Å²) in [6, 6.07) is 9.48. The lowest BCUT2D eigenvalue weighted by Crippen LogP contribution is -2.48. The number of nitrogens with one attached hydrogen (secondary N) is 3. The van der Waals surface area contributed by atoms with E-state index in [0.29, 0.717) is 18.5 Å². The quantitative estimate of drug-likeness (QED) is 0.724. The van der Waals surface area contributed by atoms with E-state index in [9.17, 15) is 14.9 Å². The average Bonchev–Trinajstić information content (AvgIpc) is 2.79. The molecule has 0 bridgehead atoms. The molecule has 1 saturated carbocycles. The predicted molar refractivity (Wildman–Crippen MR) is 93.4 cm³/mol. The van der Waals surface area contributed by atoms with E-state index in [0.717, 1.165) is 31.4 Å². The number of amides is 2. The van der Waals surface area contributed by atoms with E-state index in [1.54, 1.807) is 18.2 Å². The Balaban J connectivity index is 1.90. The third kappa shape index (κ3) is 5.27. The number of benzene rings is 1. The molecule has 6 heteroatoms. The number of anilines is 2. The van der Waals surface area contributed by atoms with Crippen LogP contribution in [-0.4, -0.2) is 23.9 Å². The molecule has 24 heavy (non-hydrogen) atoms. The van der Waals surface area contributed by atoms with Crippen LogP contribution in [0.15, 0.2) is 24.3 Å². The highest BCUT2D eigenvalue weighted by Gasteiger charge is 2.32. The Kier molecular flexibility index (Phi) is 6.19. The summed E-state index contributed by atoms with van der Waals surface area (Å²) < 4.78 is 0. The van der Waals surface area contributed by atoms with Crippen LogP contribution in [-0.2, 0) is 9.59 Å². The molecule has 0 radical (unpaired) electrons. The maximum atomic E-state index is 12.2. The molecule has 3 N–H and O–H groups in total. The van der Waals surface area contributed by atoms with E-state index in [1.165, 1.54) is 6.92 Å². The molecular weight excluding hydrogens is 304 g/mol. The molecule has 0 spiro atoms. The highest BCUT2D eigenvalue weighted by atomic mass is 16.2. The molecule has 2 rings (SSSR count). The Hall–Kier alpha value is -2.55. The summed E-state index contributed by atoms with van der Waals surface area (Å²) in [5.74, 6) is -0.336. The summed E-state index contributed by atoms with van der Waals surface area (Å²) in [6.07, 6.45) is 5.61. The first kappa shape index (κ1) is 17.8. The third-order valence-electron chi connectivity index (χ3n) is 4.19. The van der Waals surface area contributed by atoms with Gasteiger partial charge in [0.1, 0.15) is 5.54 Å². The normalized spacial score (nSPS) is 16.3. The lowest BCUT2D eigenvalue weighted by Gasteiger charge is -2.26. The highest BCUT2D eigenvalue weighted by molar-refractivity contribution is 5.89. The standard InChI is InChI=1S/C18H24N4O2/c1-14(23)21-16-8-6-7-15(11-16)20-12-17(24)22-18(13-19)9-4-2-3-5-10-18/h6-8,11,20H,2-5,9-10,12H2,1H3,(H,21,23)(H,22,24). The number of nitrogens with zero attached hydrogens (tertiary/aromatic N) is 1. The van der Waals surface area contributed by atoms with Gasteiger partial charge in [0.25, 0.3) is 0 Å². The van der Waals surface area contributed by atoms with E-state index in [4.69, 9.17) is 0 Å². The van der Waals surface area contributed by atoms with Gasteiger partial charge in [-0.25, -0.2) is 0 Å². The number of nitriles is 1. The molecule has 0 aliphatic heterocycles. The monoisotopic (exact) mass is 328 g/mol. The topological polar surface area (TPSA) is 94.0 Å². The highest BCUT2D eigenvalue weighted by Crippen LogP contribution is 2.26. The van der Waals surface area contributed by atoms with Gasteiger partial charge < -0.3 is 16.0 Å². The molecule has 2 amide bonds. The molecule has 1 aromatic rings. The van der Waals surface area contributed by atoms with Crippen molar-refractivity contribution in [1.82, 2.24) is 5.32 Å². The second-order valence-electron chi connectivity index (χ2n) is 6.27. The fraction of sp³-hybridized carbons (Fsp3) is 0.500. The van der Waals surface area contributed by atoms with Gasteiger partial charge in [0, 0.05) is 18.3 Å². The third-order valence-corrected chi connectivity index (χ3v) is 4.19. The van der Waals surface area contributed by atoms with Crippen LogP contribution in [0.1, 0.15) is 45.4 Å². The fourth-order valence-electron chi connectivity index (χ4n) is 3.00. The van der Waals surface area contributed by atoms with Gasteiger partial charge in [0.2, 0.25) is 11.8 Å². The van der Waals surface area contributed by atoms with Crippen molar-refractivity contribution >= 4 is 23.2 Å². The van der Waals surface area contributed by atoms with Gasteiger partial charge in [-0.1, -0.05) is 31.7 Å². The van der Waals surface area contributed by atoms with Crippen LogP contribution in [0.3, 0.4) is 0 Å². The largest absolute Gasteiger partial charge is 0.376 e. The Morgan fingerprint density at radius 3 is 2.46 bits per heavy atom. The van der Waals surface area contributed by atoms with Gasteiger partial charge in [-0.05, 0) is 31.0 Å². The number of carbonyl (C=O) groups is 2. The molecule has 0 heterocycles. The van der Waals surface area contributed by atoms with Crippen molar-refractivity contribution in [2.45, 2.75) is 51.0 Å². The molecule has 0 atom stereocenters. The second-order valence-corrected chi connectivity index (χ2v) is 6.27. The first-order valence-electron chi connectivity index (χ1n) is 8.37. The number of rotatable bonds is 5. The number of carbonyl (C=O) groups excluding carboxylic acids is 2. The fourth-order valence-corrected chi connectivity index (χ4v) is 3.00. The molecule has 1 aliphatic rings. The zero-order valence-electron chi connectivity index (χ0n) is 14.0. The molecule has 0 aromatic heterocycles. The molecule has 6 nitrogen and oxygen atoms in total. The molecule has 0 unspecified atom stereocenters. The minimum absolute atomic E-state index is 0.0902. The van der Waals surface area contributed by atoms with Crippen LogP contribution >= 0.6 is 0 Å². The van der Waals surface area contributed by atoms with Crippen molar-refractivity contribution in [3.8, 4) is 6.07 Å². The van der Waals surface area contributed by atoms with Crippen LogP contribution in [0.5, 0.6) is 0 Å². The van der Waals surface area contributed by atoms with E-state index < -0.39 is 5.54 Å². The minimum Gasteiger partial charge on any atom is -0.376 e. The maximum Gasteiger partial charge on any atom is 0.240 e. The summed E-state index contributed by atoms with van der Waals surface area (Å²) in [6.45, 7) is 1.54. The van der Waals surface area contributed by atoms with Gasteiger partial charge in [-0.15, -0.1) is 0 Å². The van der Waals surface area contributed by atoms with Gasteiger partial charge in [0.15, 0.2) is 0 Å². The van der Waals surface area contributed by atoms with Crippen LogP contribution in [0.4, 0.5) is 11.4 Å². The van der Waals surface area contributed by atoms with Crippen LogP contribution < -0.4 is 16.0 Å². The minimum atomic E-state index is -0.729. The molecular formula is C18H24N4O2. The van der Waals surface area contributed by atoms with Gasteiger partial charge in [-0.3, -0.25) is 9.59 Å². The second kappa shape index (κ2) is 8.34. The average molecular weight is 328 g/mol. The zero-order chi connectivity index (χ0) is 17.4. The van der Waals surface area contributed by atoms with Crippen LogP contribution in [0.2, 0.25) is 0 Å². The van der Waals surface area contributed by atoms with Crippen molar-refractivity contribution < 1.29 is 9.59 Å². The summed E-state index contributed by atoms with van der Waals surface area (Å²) >= 11 is 0. The van der Waals surface area contributed by atoms with E-state index in [-0.39, 0.29) is 18.4 Å². The van der Waals surface area contributed by atoms with Crippen molar-refractivity contribution in [2.24, 2.45) is 0 Å². The Bertz CT molecular complexity index is 628. The van der Waals surface area contributed by atoms with Gasteiger partial charge >= 0.3 is 0 Å². The molecule has 1 aliphatic carbocycles. The van der Waals surface area contributed by atoms with E-state index in [2.05, 4.69) is 22.0 Å². The lowest BCUT2D eigenvalue weighted by atomic mass is 9.92. The molecule has 1 fully saturated rings. The predicted octanol–water partition coefficient (Wildman–Crippen LogP) is 2.79. The summed E-state index contributed by atoms with van der Waals surface area (Å²) in [5.41, 5.74) is 0.682. The summed E-state index contributed by atoms with van der Waals surface area (Å²) in [7, 11) is 0. The van der Waals surface area contributed by atoms with Crippen molar-refractivity contribution in [2.75, 3.05) is 17.2 Å². The molecule has 1 aromatic carbocycles. The summed E-state index contributed by atoms with van der Waals surface area (Å²) in [5, 5.41) is 18.1. The van der Waals surface area contributed by atoms with Crippen LogP contribution in [0.25, 0.3) is 0 Å². The van der Waals surface area contributed by atoms with Gasteiger partial charge in [-0.2, -0.15) is 5.26 Å².